The summed E-state index contributed by atoms with van der Waals surface area (Å²) in [6.07, 6.45) is -2.40. The van der Waals surface area contributed by atoms with Crippen LogP contribution in [0.1, 0.15) is 27.2 Å². The molecular weight excluding hydrogens is 174 g/mol. The minimum absolute atomic E-state index is 0.0748. The molecular formula is C9H16F2N2. The first-order chi connectivity index (χ1) is 5.87. The Morgan fingerprint density at radius 3 is 2.23 bits per heavy atom. The Hall–Kier alpha value is -0.660. The molecule has 1 atom stereocenters. The molecule has 0 radical (unpaired) electrons. The molecule has 76 valence electrons. The van der Waals surface area contributed by atoms with Crippen LogP contribution in [-0.2, 0) is 0 Å². The van der Waals surface area contributed by atoms with Crippen LogP contribution in [0.3, 0.4) is 0 Å². The molecule has 0 saturated carbocycles. The average molecular weight is 190 g/mol. The van der Waals surface area contributed by atoms with Crippen LogP contribution < -0.4 is 11.3 Å². The fourth-order valence-electron chi connectivity index (χ4n) is 0.647. The first-order valence-corrected chi connectivity index (χ1v) is 4.11. The van der Waals surface area contributed by atoms with E-state index < -0.39 is 12.5 Å². The number of hydrogen-bond donors (Lipinski definition) is 2. The third kappa shape index (κ3) is 6.50. The highest BCUT2D eigenvalue weighted by Crippen LogP contribution is 2.10. The van der Waals surface area contributed by atoms with Gasteiger partial charge in [-0.1, -0.05) is 5.92 Å². The molecule has 0 bridgehead atoms. The van der Waals surface area contributed by atoms with Gasteiger partial charge in [-0.3, -0.25) is 11.3 Å². The minimum atomic E-state index is -2.47. The maximum absolute atomic E-state index is 12.1. The summed E-state index contributed by atoms with van der Waals surface area (Å²) in [4.78, 5) is 0. The zero-order valence-corrected chi connectivity index (χ0v) is 8.20. The van der Waals surface area contributed by atoms with Crippen LogP contribution in [0.15, 0.2) is 0 Å². The normalized spacial score (nSPS) is 13.8. The Morgan fingerprint density at radius 1 is 1.38 bits per heavy atom. The quantitative estimate of drug-likeness (QED) is 0.402. The minimum Gasteiger partial charge on any atom is -0.271 e. The van der Waals surface area contributed by atoms with E-state index in [4.69, 9.17) is 5.84 Å². The van der Waals surface area contributed by atoms with Crippen LogP contribution in [-0.4, -0.2) is 12.5 Å². The van der Waals surface area contributed by atoms with Gasteiger partial charge in [-0.15, -0.1) is 5.92 Å². The number of hydrazine groups is 1. The van der Waals surface area contributed by atoms with E-state index in [1.807, 2.05) is 26.2 Å². The van der Waals surface area contributed by atoms with Crippen LogP contribution >= 0.6 is 0 Å². The molecule has 0 spiro atoms. The summed E-state index contributed by atoms with van der Waals surface area (Å²) >= 11 is 0. The fourth-order valence-corrected chi connectivity index (χ4v) is 0.647. The van der Waals surface area contributed by atoms with Crippen molar-refractivity contribution in [2.24, 2.45) is 11.3 Å². The van der Waals surface area contributed by atoms with Crippen molar-refractivity contribution in [3.05, 3.63) is 0 Å². The van der Waals surface area contributed by atoms with Crippen molar-refractivity contribution in [3.63, 3.8) is 0 Å². The zero-order valence-electron chi connectivity index (χ0n) is 8.20. The Labute approximate surface area is 77.8 Å². The Kier molecular flexibility index (Phi) is 4.89. The predicted octanol–water partition coefficient (Wildman–Crippen LogP) is 1.52. The summed E-state index contributed by atoms with van der Waals surface area (Å²) in [6.45, 7) is 5.77. The Balaban J connectivity index is 4.03. The molecule has 0 rings (SSSR count). The topological polar surface area (TPSA) is 38.0 Å². The van der Waals surface area contributed by atoms with Crippen molar-refractivity contribution in [1.82, 2.24) is 5.43 Å². The van der Waals surface area contributed by atoms with Gasteiger partial charge >= 0.3 is 0 Å². The van der Waals surface area contributed by atoms with Gasteiger partial charge in [-0.2, -0.15) is 0 Å². The number of nitrogens with two attached hydrogens (primary N) is 1. The van der Waals surface area contributed by atoms with Crippen LogP contribution in [0.4, 0.5) is 8.78 Å². The Morgan fingerprint density at radius 2 is 1.92 bits per heavy atom. The molecule has 2 nitrogen and oxygen atoms in total. The second-order valence-corrected chi connectivity index (χ2v) is 3.86. The molecule has 0 aromatic rings. The first kappa shape index (κ1) is 12.3. The molecule has 0 aliphatic rings. The van der Waals surface area contributed by atoms with E-state index in [9.17, 15) is 8.78 Å². The van der Waals surface area contributed by atoms with E-state index in [1.54, 1.807) is 0 Å². The summed E-state index contributed by atoms with van der Waals surface area (Å²) in [5.41, 5.74) is 1.88. The SMILES string of the molecule is CC(C)(C)C#CCC(NN)C(F)F. The molecule has 1 unspecified atom stereocenters. The van der Waals surface area contributed by atoms with Crippen molar-refractivity contribution in [1.29, 1.82) is 0 Å². The maximum Gasteiger partial charge on any atom is 0.255 e. The molecule has 4 heteroatoms. The van der Waals surface area contributed by atoms with Crippen molar-refractivity contribution >= 4 is 0 Å². The molecule has 0 aliphatic heterocycles. The smallest absolute Gasteiger partial charge is 0.255 e. The molecule has 0 aliphatic carbocycles. The zero-order chi connectivity index (χ0) is 10.5. The van der Waals surface area contributed by atoms with E-state index in [-0.39, 0.29) is 11.8 Å². The van der Waals surface area contributed by atoms with Crippen LogP contribution in [0, 0.1) is 17.3 Å². The summed E-state index contributed by atoms with van der Waals surface area (Å²) in [5.74, 6) is 10.5. The molecule has 0 saturated heterocycles. The molecule has 0 amide bonds. The number of rotatable bonds is 3. The number of alkyl halides is 2. The summed E-state index contributed by atoms with van der Waals surface area (Å²) in [7, 11) is 0. The van der Waals surface area contributed by atoms with Gasteiger partial charge in [0, 0.05) is 11.8 Å². The van der Waals surface area contributed by atoms with E-state index in [1.165, 1.54) is 0 Å². The van der Waals surface area contributed by atoms with E-state index in [2.05, 4.69) is 11.8 Å². The molecule has 0 aromatic heterocycles. The molecule has 0 heterocycles. The predicted molar refractivity (Wildman–Crippen MR) is 49.0 cm³/mol. The summed E-state index contributed by atoms with van der Waals surface area (Å²) < 4.78 is 24.2. The Bertz CT molecular complexity index is 198. The lowest BCUT2D eigenvalue weighted by Gasteiger charge is -2.11. The third-order valence-electron chi connectivity index (χ3n) is 1.30. The van der Waals surface area contributed by atoms with Gasteiger partial charge in [0.05, 0.1) is 6.04 Å². The lowest BCUT2D eigenvalue weighted by molar-refractivity contribution is 0.101. The number of nitrogens with one attached hydrogen (secondary N) is 1. The largest absolute Gasteiger partial charge is 0.271 e. The molecule has 0 fully saturated rings. The van der Waals surface area contributed by atoms with Crippen molar-refractivity contribution in [2.75, 3.05) is 0 Å². The van der Waals surface area contributed by atoms with Gasteiger partial charge in [0.25, 0.3) is 6.43 Å². The van der Waals surface area contributed by atoms with Crippen molar-refractivity contribution in [2.45, 2.75) is 39.7 Å². The van der Waals surface area contributed by atoms with Gasteiger partial charge in [0.2, 0.25) is 0 Å². The standard InChI is InChI=1S/C9H16F2N2/c1-9(2,3)6-4-5-7(13-12)8(10)11/h7-8,13H,5,12H2,1-3H3. The second kappa shape index (κ2) is 5.15. The molecule has 0 aromatic carbocycles. The highest BCUT2D eigenvalue weighted by molar-refractivity contribution is 5.08. The fraction of sp³-hybridized carbons (Fsp3) is 0.778. The van der Waals surface area contributed by atoms with Crippen molar-refractivity contribution in [3.8, 4) is 11.8 Å². The first-order valence-electron chi connectivity index (χ1n) is 4.11. The van der Waals surface area contributed by atoms with E-state index >= 15 is 0 Å². The van der Waals surface area contributed by atoms with Crippen LogP contribution in [0.25, 0.3) is 0 Å². The molecule has 13 heavy (non-hydrogen) atoms. The van der Waals surface area contributed by atoms with Crippen molar-refractivity contribution < 1.29 is 8.78 Å². The second-order valence-electron chi connectivity index (χ2n) is 3.86. The van der Waals surface area contributed by atoms with Crippen LogP contribution in [0.2, 0.25) is 0 Å². The maximum atomic E-state index is 12.1. The lowest BCUT2D eigenvalue weighted by Crippen LogP contribution is -2.40. The number of halogens is 2. The highest BCUT2D eigenvalue weighted by Gasteiger charge is 2.16. The lowest BCUT2D eigenvalue weighted by atomic mass is 9.97. The van der Waals surface area contributed by atoms with Gasteiger partial charge in [-0.25, -0.2) is 8.78 Å². The third-order valence-corrected chi connectivity index (χ3v) is 1.30. The average Bonchev–Trinajstić information content (AvgIpc) is 1.95. The highest BCUT2D eigenvalue weighted by atomic mass is 19.3. The summed E-state index contributed by atoms with van der Waals surface area (Å²) in [6, 6.07) is -1.03. The number of hydrogen-bond acceptors (Lipinski definition) is 2. The van der Waals surface area contributed by atoms with Gasteiger partial charge in [0.15, 0.2) is 0 Å². The summed E-state index contributed by atoms with van der Waals surface area (Å²) in [5, 5.41) is 0. The van der Waals surface area contributed by atoms with Gasteiger partial charge in [-0.05, 0) is 20.8 Å². The molecule has 3 N–H and O–H groups in total. The monoisotopic (exact) mass is 190 g/mol. The van der Waals surface area contributed by atoms with Gasteiger partial charge in [0.1, 0.15) is 0 Å². The van der Waals surface area contributed by atoms with E-state index in [0.717, 1.165) is 0 Å². The van der Waals surface area contributed by atoms with Gasteiger partial charge < -0.3 is 0 Å². The van der Waals surface area contributed by atoms with Crippen LogP contribution in [0.5, 0.6) is 0 Å². The van der Waals surface area contributed by atoms with E-state index in [0.29, 0.717) is 0 Å².